The number of hydrogen-bond donors (Lipinski definition) is 1. The number of fused-ring (bicyclic) bond motifs is 1. The van der Waals surface area contributed by atoms with Crippen LogP contribution in [0.4, 0.5) is 0 Å². The third-order valence-corrected chi connectivity index (χ3v) is 3.95. The fourth-order valence-corrected chi connectivity index (χ4v) is 3.10. The molecular weight excluding hydrogens is 246 g/mol. The van der Waals surface area contributed by atoms with Crippen LogP contribution in [0.2, 0.25) is 0 Å². The summed E-state index contributed by atoms with van der Waals surface area (Å²) in [5.41, 5.74) is 12.4. The van der Waals surface area contributed by atoms with Gasteiger partial charge in [0.1, 0.15) is 12.4 Å². The van der Waals surface area contributed by atoms with Gasteiger partial charge in [-0.05, 0) is 49.4 Å². The van der Waals surface area contributed by atoms with Crippen molar-refractivity contribution in [2.75, 3.05) is 0 Å². The van der Waals surface area contributed by atoms with Gasteiger partial charge in [0.25, 0.3) is 0 Å². The Balaban J connectivity index is 1.79. The van der Waals surface area contributed by atoms with Crippen LogP contribution in [0.1, 0.15) is 40.3 Å². The van der Waals surface area contributed by atoms with E-state index in [0.717, 1.165) is 18.6 Å². The van der Waals surface area contributed by atoms with E-state index >= 15 is 0 Å². The molecule has 0 fully saturated rings. The Morgan fingerprint density at radius 1 is 1.15 bits per heavy atom. The van der Waals surface area contributed by atoms with E-state index in [1.54, 1.807) is 0 Å². The maximum Gasteiger partial charge on any atom is 0.123 e. The Hall–Kier alpha value is -1.80. The van der Waals surface area contributed by atoms with Crippen molar-refractivity contribution < 1.29 is 4.74 Å². The molecule has 1 aliphatic carbocycles. The first-order valence-electron chi connectivity index (χ1n) is 7.21. The van der Waals surface area contributed by atoms with Gasteiger partial charge < -0.3 is 10.5 Å². The van der Waals surface area contributed by atoms with E-state index in [1.165, 1.54) is 27.8 Å². The van der Waals surface area contributed by atoms with Crippen molar-refractivity contribution in [3.8, 4) is 5.75 Å². The maximum absolute atomic E-state index is 6.11. The molecule has 20 heavy (non-hydrogen) atoms. The second kappa shape index (κ2) is 5.29. The Morgan fingerprint density at radius 3 is 2.65 bits per heavy atom. The molecule has 0 bridgehead atoms. The van der Waals surface area contributed by atoms with Gasteiger partial charge >= 0.3 is 0 Å². The van der Waals surface area contributed by atoms with E-state index in [0.29, 0.717) is 6.61 Å². The van der Waals surface area contributed by atoms with Crippen LogP contribution in [-0.2, 0) is 13.0 Å². The van der Waals surface area contributed by atoms with Crippen molar-refractivity contribution in [2.24, 2.45) is 5.73 Å². The molecular formula is C18H21NO. The van der Waals surface area contributed by atoms with Gasteiger partial charge in [-0.1, -0.05) is 41.5 Å². The van der Waals surface area contributed by atoms with Gasteiger partial charge in [-0.3, -0.25) is 0 Å². The molecule has 0 saturated heterocycles. The maximum atomic E-state index is 6.11. The molecule has 3 rings (SSSR count). The highest BCUT2D eigenvalue weighted by Gasteiger charge is 2.21. The second-order valence-electron chi connectivity index (χ2n) is 5.75. The average Bonchev–Trinajstić information content (AvgIpc) is 2.78. The molecule has 2 aromatic carbocycles. The predicted octanol–water partition coefficient (Wildman–Crippen LogP) is 3.83. The minimum atomic E-state index is 0.176. The van der Waals surface area contributed by atoms with Crippen LogP contribution in [-0.4, -0.2) is 0 Å². The molecule has 1 aliphatic rings. The topological polar surface area (TPSA) is 35.2 Å². The van der Waals surface area contributed by atoms with Gasteiger partial charge in [-0.15, -0.1) is 0 Å². The second-order valence-corrected chi connectivity index (χ2v) is 5.75. The first kappa shape index (κ1) is 13.2. The summed E-state index contributed by atoms with van der Waals surface area (Å²) in [6.45, 7) is 4.86. The van der Waals surface area contributed by atoms with Crippen molar-refractivity contribution in [3.05, 3.63) is 64.2 Å². The summed E-state index contributed by atoms with van der Waals surface area (Å²) in [4.78, 5) is 0. The Kier molecular flexibility index (Phi) is 3.49. The lowest BCUT2D eigenvalue weighted by Gasteiger charge is -2.12. The van der Waals surface area contributed by atoms with Crippen LogP contribution in [0.3, 0.4) is 0 Å². The van der Waals surface area contributed by atoms with E-state index < -0.39 is 0 Å². The summed E-state index contributed by atoms with van der Waals surface area (Å²) in [5.74, 6) is 0.995. The first-order chi connectivity index (χ1) is 9.63. The number of rotatable bonds is 3. The SMILES string of the molecule is Cc1cc(C)cc(COc2cccc3c2CCC3N)c1. The van der Waals surface area contributed by atoms with Gasteiger partial charge in [0, 0.05) is 6.04 Å². The standard InChI is InChI=1S/C18H21NO/c1-12-8-13(2)10-14(9-12)11-20-18-5-3-4-15-16(18)6-7-17(15)19/h3-5,8-10,17H,6-7,11,19H2,1-2H3. The van der Waals surface area contributed by atoms with E-state index in [9.17, 15) is 0 Å². The predicted molar refractivity (Wildman–Crippen MR) is 81.9 cm³/mol. The lowest BCUT2D eigenvalue weighted by Crippen LogP contribution is -2.05. The normalized spacial score (nSPS) is 17.1. The number of nitrogens with two attached hydrogens (primary N) is 1. The number of benzene rings is 2. The summed E-state index contributed by atoms with van der Waals surface area (Å²) in [7, 11) is 0. The zero-order chi connectivity index (χ0) is 14.1. The van der Waals surface area contributed by atoms with Gasteiger partial charge in [0.15, 0.2) is 0 Å². The van der Waals surface area contributed by atoms with Crippen LogP contribution < -0.4 is 10.5 Å². The zero-order valence-corrected chi connectivity index (χ0v) is 12.1. The number of aryl methyl sites for hydroxylation is 2. The Bertz CT molecular complexity index is 613. The molecule has 0 radical (unpaired) electrons. The monoisotopic (exact) mass is 267 g/mol. The molecule has 2 nitrogen and oxygen atoms in total. The fraction of sp³-hybridized carbons (Fsp3) is 0.333. The zero-order valence-electron chi connectivity index (χ0n) is 12.1. The molecule has 2 aromatic rings. The third-order valence-electron chi connectivity index (χ3n) is 3.95. The molecule has 0 spiro atoms. The molecule has 0 amide bonds. The highest BCUT2D eigenvalue weighted by Crippen LogP contribution is 2.35. The summed E-state index contributed by atoms with van der Waals surface area (Å²) < 4.78 is 6.04. The highest BCUT2D eigenvalue weighted by atomic mass is 16.5. The van der Waals surface area contributed by atoms with Crippen molar-refractivity contribution in [3.63, 3.8) is 0 Å². The van der Waals surface area contributed by atoms with E-state index in [-0.39, 0.29) is 6.04 Å². The molecule has 1 atom stereocenters. The van der Waals surface area contributed by atoms with Crippen molar-refractivity contribution in [1.82, 2.24) is 0 Å². The summed E-state index contributed by atoms with van der Waals surface area (Å²) >= 11 is 0. The van der Waals surface area contributed by atoms with Gasteiger partial charge in [0.2, 0.25) is 0 Å². The van der Waals surface area contributed by atoms with Crippen molar-refractivity contribution in [2.45, 2.75) is 39.3 Å². The van der Waals surface area contributed by atoms with Crippen molar-refractivity contribution >= 4 is 0 Å². The fourth-order valence-electron chi connectivity index (χ4n) is 3.10. The van der Waals surface area contributed by atoms with Gasteiger partial charge in [0.05, 0.1) is 0 Å². The molecule has 2 heteroatoms. The largest absolute Gasteiger partial charge is 0.489 e. The van der Waals surface area contributed by atoms with Crippen LogP contribution in [0.5, 0.6) is 5.75 Å². The summed E-state index contributed by atoms with van der Waals surface area (Å²) in [5, 5.41) is 0. The Labute approximate surface area is 120 Å². The molecule has 0 heterocycles. The van der Waals surface area contributed by atoms with Gasteiger partial charge in [-0.2, -0.15) is 0 Å². The van der Waals surface area contributed by atoms with Crippen molar-refractivity contribution in [1.29, 1.82) is 0 Å². The van der Waals surface area contributed by atoms with Crippen LogP contribution in [0.25, 0.3) is 0 Å². The molecule has 1 unspecified atom stereocenters. The minimum absolute atomic E-state index is 0.176. The molecule has 0 aliphatic heterocycles. The van der Waals surface area contributed by atoms with Crippen LogP contribution >= 0.6 is 0 Å². The number of ether oxygens (including phenoxy) is 1. The Morgan fingerprint density at radius 2 is 1.90 bits per heavy atom. The highest BCUT2D eigenvalue weighted by molar-refractivity contribution is 5.45. The lowest BCUT2D eigenvalue weighted by molar-refractivity contribution is 0.303. The lowest BCUT2D eigenvalue weighted by atomic mass is 10.1. The quantitative estimate of drug-likeness (QED) is 0.917. The van der Waals surface area contributed by atoms with E-state index in [4.69, 9.17) is 10.5 Å². The average molecular weight is 267 g/mol. The minimum Gasteiger partial charge on any atom is -0.489 e. The van der Waals surface area contributed by atoms with Gasteiger partial charge in [-0.25, -0.2) is 0 Å². The molecule has 104 valence electrons. The third kappa shape index (κ3) is 2.56. The number of hydrogen-bond acceptors (Lipinski definition) is 2. The molecule has 0 aromatic heterocycles. The van der Waals surface area contributed by atoms with Crippen LogP contribution in [0, 0.1) is 13.8 Å². The first-order valence-corrected chi connectivity index (χ1v) is 7.21. The molecule has 0 saturated carbocycles. The van der Waals surface area contributed by atoms with E-state index in [1.807, 2.05) is 6.07 Å². The summed E-state index contributed by atoms with van der Waals surface area (Å²) in [6, 6.07) is 12.9. The smallest absolute Gasteiger partial charge is 0.123 e. The molecule has 2 N–H and O–H groups in total. The summed E-state index contributed by atoms with van der Waals surface area (Å²) in [6.07, 6.45) is 2.05. The van der Waals surface area contributed by atoms with E-state index in [2.05, 4.69) is 44.2 Å². The van der Waals surface area contributed by atoms with Crippen LogP contribution in [0.15, 0.2) is 36.4 Å².